The van der Waals surface area contributed by atoms with Crippen molar-refractivity contribution in [2.24, 2.45) is 0 Å². The molecule has 2 aromatic carbocycles. The quantitative estimate of drug-likeness (QED) is 0.496. The first-order valence-corrected chi connectivity index (χ1v) is 13.0. The molecule has 2 amide bonds. The van der Waals surface area contributed by atoms with Gasteiger partial charge in [-0.05, 0) is 55.8 Å². The monoisotopic (exact) mass is 573 g/mol. The minimum Gasteiger partial charge on any atom is -0.355 e. The predicted octanol–water partition coefficient (Wildman–Crippen LogP) is 3.53. The van der Waals surface area contributed by atoms with Crippen LogP contribution in [0.3, 0.4) is 0 Å². The summed E-state index contributed by atoms with van der Waals surface area (Å²) in [5.41, 5.74) is 1.19. The molecule has 0 heterocycles. The maximum atomic E-state index is 13.3. The van der Waals surface area contributed by atoms with Crippen molar-refractivity contribution in [2.45, 2.75) is 26.4 Å². The first-order valence-electron chi connectivity index (χ1n) is 9.57. The molecule has 0 aliphatic carbocycles. The Morgan fingerprint density at radius 2 is 1.52 bits per heavy atom. The molecule has 0 saturated heterocycles. The molecule has 0 aliphatic heterocycles. The molecule has 0 saturated carbocycles. The van der Waals surface area contributed by atoms with Crippen molar-refractivity contribution in [3.05, 3.63) is 63.0 Å². The van der Waals surface area contributed by atoms with Gasteiger partial charge >= 0.3 is 0 Å². The average molecular weight is 575 g/mol. The van der Waals surface area contributed by atoms with Gasteiger partial charge in [0.25, 0.3) is 0 Å². The fourth-order valence-electron chi connectivity index (χ4n) is 2.91. The summed E-state index contributed by atoms with van der Waals surface area (Å²) in [5, 5.41) is 2.72. The highest BCUT2D eigenvalue weighted by molar-refractivity contribution is 9.10. The van der Waals surface area contributed by atoms with Crippen LogP contribution in [0.25, 0.3) is 0 Å². The Bertz CT molecular complexity index is 1010. The van der Waals surface area contributed by atoms with E-state index in [9.17, 15) is 18.0 Å². The lowest BCUT2D eigenvalue weighted by Crippen LogP contribution is -2.51. The molecule has 2 aromatic rings. The SMILES string of the molecule is CCNC(=O)[C@H](C)N(Cc1ccc(Br)cc1)C(=O)CN(c1ccc(Br)cc1)S(C)(=O)=O. The van der Waals surface area contributed by atoms with Crippen molar-refractivity contribution in [3.8, 4) is 0 Å². The Morgan fingerprint density at radius 1 is 1.00 bits per heavy atom. The number of carbonyl (C=O) groups is 2. The van der Waals surface area contributed by atoms with Crippen molar-refractivity contribution in [3.63, 3.8) is 0 Å². The molecule has 7 nitrogen and oxygen atoms in total. The van der Waals surface area contributed by atoms with E-state index in [0.29, 0.717) is 12.2 Å². The third-order valence-electron chi connectivity index (χ3n) is 4.58. The minimum absolute atomic E-state index is 0.169. The van der Waals surface area contributed by atoms with E-state index in [0.717, 1.165) is 25.1 Å². The van der Waals surface area contributed by atoms with E-state index >= 15 is 0 Å². The lowest BCUT2D eigenvalue weighted by molar-refractivity contribution is -0.139. The topological polar surface area (TPSA) is 86.8 Å². The van der Waals surface area contributed by atoms with Crippen LogP contribution in [0, 0.1) is 0 Å². The van der Waals surface area contributed by atoms with Gasteiger partial charge in [-0.1, -0.05) is 44.0 Å². The van der Waals surface area contributed by atoms with Gasteiger partial charge in [-0.25, -0.2) is 8.42 Å². The first-order chi connectivity index (χ1) is 14.5. The molecule has 10 heteroatoms. The number of nitrogens with zero attached hydrogens (tertiary/aromatic N) is 2. The molecule has 168 valence electrons. The third kappa shape index (κ3) is 7.33. The van der Waals surface area contributed by atoms with Crippen LogP contribution in [0.1, 0.15) is 19.4 Å². The van der Waals surface area contributed by atoms with Crippen LogP contribution in [-0.2, 0) is 26.2 Å². The molecule has 0 bridgehead atoms. The van der Waals surface area contributed by atoms with E-state index in [2.05, 4.69) is 37.2 Å². The summed E-state index contributed by atoms with van der Waals surface area (Å²) in [4.78, 5) is 27.2. The second kappa shape index (κ2) is 11.1. The summed E-state index contributed by atoms with van der Waals surface area (Å²) in [6.45, 7) is 3.61. The van der Waals surface area contributed by atoms with Gasteiger partial charge < -0.3 is 10.2 Å². The van der Waals surface area contributed by atoms with Crippen LogP contribution in [0.4, 0.5) is 5.69 Å². The zero-order valence-corrected chi connectivity index (χ0v) is 21.5. The number of anilines is 1. The van der Waals surface area contributed by atoms with E-state index in [1.54, 1.807) is 38.1 Å². The number of hydrogen-bond acceptors (Lipinski definition) is 4. The maximum absolute atomic E-state index is 13.3. The Labute approximate surface area is 200 Å². The summed E-state index contributed by atoms with van der Waals surface area (Å²) >= 11 is 6.70. The average Bonchev–Trinajstić information content (AvgIpc) is 2.71. The highest BCUT2D eigenvalue weighted by atomic mass is 79.9. The Balaban J connectivity index is 2.35. The fourth-order valence-corrected chi connectivity index (χ4v) is 4.29. The Morgan fingerprint density at radius 3 is 2.00 bits per heavy atom. The number of amides is 2. The Hall–Kier alpha value is -1.91. The number of benzene rings is 2. The van der Waals surface area contributed by atoms with Crippen molar-refractivity contribution in [1.29, 1.82) is 0 Å². The fraction of sp³-hybridized carbons (Fsp3) is 0.333. The standard InChI is InChI=1S/C21H25Br2N3O4S/c1-4-24-21(28)15(2)25(13-16-5-7-17(22)8-6-16)20(27)14-26(31(3,29)30)19-11-9-18(23)10-12-19/h5-12,15H,4,13-14H2,1-3H3,(H,24,28)/t15-/m0/s1. The molecule has 0 aliphatic rings. The summed E-state index contributed by atoms with van der Waals surface area (Å²) in [6, 6.07) is 13.2. The number of hydrogen-bond donors (Lipinski definition) is 1. The first kappa shape index (κ1) is 25.4. The van der Waals surface area contributed by atoms with Crippen molar-refractivity contribution in [1.82, 2.24) is 10.2 Å². The van der Waals surface area contributed by atoms with E-state index in [-0.39, 0.29) is 12.5 Å². The molecule has 0 fully saturated rings. The molecule has 2 rings (SSSR count). The number of sulfonamides is 1. The smallest absolute Gasteiger partial charge is 0.244 e. The highest BCUT2D eigenvalue weighted by Gasteiger charge is 2.29. The van der Waals surface area contributed by atoms with Gasteiger partial charge in [-0.3, -0.25) is 13.9 Å². The van der Waals surface area contributed by atoms with Gasteiger partial charge in [0.05, 0.1) is 11.9 Å². The second-order valence-electron chi connectivity index (χ2n) is 6.96. The van der Waals surface area contributed by atoms with Gasteiger partial charge in [0.1, 0.15) is 12.6 Å². The number of halogens is 2. The number of nitrogens with one attached hydrogen (secondary N) is 1. The van der Waals surface area contributed by atoms with E-state index in [1.807, 2.05) is 24.3 Å². The highest BCUT2D eigenvalue weighted by Crippen LogP contribution is 2.22. The third-order valence-corrected chi connectivity index (χ3v) is 6.78. The zero-order chi connectivity index (χ0) is 23.2. The maximum Gasteiger partial charge on any atom is 0.244 e. The molecule has 1 N–H and O–H groups in total. The molecule has 31 heavy (non-hydrogen) atoms. The van der Waals surface area contributed by atoms with Crippen LogP contribution in [0.5, 0.6) is 0 Å². The lowest BCUT2D eigenvalue weighted by atomic mass is 10.1. The molecule has 0 aromatic heterocycles. The molecular formula is C21H25Br2N3O4S. The van der Waals surface area contributed by atoms with Crippen LogP contribution in [-0.4, -0.2) is 50.5 Å². The van der Waals surface area contributed by atoms with Crippen LogP contribution < -0.4 is 9.62 Å². The van der Waals surface area contributed by atoms with E-state index in [1.165, 1.54) is 4.90 Å². The van der Waals surface area contributed by atoms with Gasteiger partial charge in [0, 0.05) is 22.0 Å². The van der Waals surface area contributed by atoms with Crippen molar-refractivity contribution >= 4 is 59.4 Å². The predicted molar refractivity (Wildman–Crippen MR) is 129 cm³/mol. The number of carbonyl (C=O) groups excluding carboxylic acids is 2. The summed E-state index contributed by atoms with van der Waals surface area (Å²) in [6.07, 6.45) is 1.05. The zero-order valence-electron chi connectivity index (χ0n) is 17.5. The summed E-state index contributed by atoms with van der Waals surface area (Å²) in [7, 11) is -3.73. The van der Waals surface area contributed by atoms with Crippen molar-refractivity contribution in [2.75, 3.05) is 23.7 Å². The minimum atomic E-state index is -3.73. The van der Waals surface area contributed by atoms with E-state index < -0.39 is 28.5 Å². The van der Waals surface area contributed by atoms with Crippen LogP contribution in [0.15, 0.2) is 57.5 Å². The second-order valence-corrected chi connectivity index (χ2v) is 10.7. The lowest BCUT2D eigenvalue weighted by Gasteiger charge is -2.31. The largest absolute Gasteiger partial charge is 0.355 e. The van der Waals surface area contributed by atoms with Gasteiger partial charge in [0.2, 0.25) is 21.8 Å². The molecular weight excluding hydrogens is 550 g/mol. The van der Waals surface area contributed by atoms with Gasteiger partial charge in [-0.2, -0.15) is 0 Å². The number of likely N-dealkylation sites (N-methyl/N-ethyl adjacent to an activating group) is 1. The van der Waals surface area contributed by atoms with Gasteiger partial charge in [0.15, 0.2) is 0 Å². The Kier molecular flexibility index (Phi) is 9.08. The van der Waals surface area contributed by atoms with Crippen LogP contribution >= 0.6 is 31.9 Å². The van der Waals surface area contributed by atoms with E-state index in [4.69, 9.17) is 0 Å². The molecule has 0 spiro atoms. The molecule has 0 radical (unpaired) electrons. The molecule has 1 atom stereocenters. The summed E-state index contributed by atoms with van der Waals surface area (Å²) in [5.74, 6) is -0.780. The van der Waals surface area contributed by atoms with Crippen LogP contribution in [0.2, 0.25) is 0 Å². The number of rotatable bonds is 9. The molecule has 0 unspecified atom stereocenters. The normalized spacial score (nSPS) is 12.2. The van der Waals surface area contributed by atoms with Gasteiger partial charge in [-0.15, -0.1) is 0 Å². The summed E-state index contributed by atoms with van der Waals surface area (Å²) < 4.78 is 27.6. The van der Waals surface area contributed by atoms with Crippen molar-refractivity contribution < 1.29 is 18.0 Å².